The molecular formula is C11H5F6NO2. The van der Waals surface area contributed by atoms with Gasteiger partial charge in [0.25, 0.3) is 0 Å². The number of halogens is 6. The standard InChI is InChI=1S/C11H5F6NO2/c12-10(13,14)9-4-8(19)6-2-1-5(3-7(6)18-9)20-11(15,16)17/h1-4H,(H,18,19). The number of hydrogen-bond acceptors (Lipinski definition) is 2. The molecule has 0 spiro atoms. The average Bonchev–Trinajstić information content (AvgIpc) is 2.24. The van der Waals surface area contributed by atoms with Crippen LogP contribution < -0.4 is 10.2 Å². The van der Waals surface area contributed by atoms with E-state index in [1.807, 2.05) is 4.98 Å². The first-order valence-electron chi connectivity index (χ1n) is 5.06. The molecule has 0 saturated heterocycles. The summed E-state index contributed by atoms with van der Waals surface area (Å²) in [7, 11) is 0. The molecule has 20 heavy (non-hydrogen) atoms. The van der Waals surface area contributed by atoms with Gasteiger partial charge in [-0.3, -0.25) is 4.79 Å². The van der Waals surface area contributed by atoms with Gasteiger partial charge in [-0.05, 0) is 12.1 Å². The van der Waals surface area contributed by atoms with Gasteiger partial charge >= 0.3 is 12.5 Å². The largest absolute Gasteiger partial charge is 0.573 e. The number of H-pyrrole nitrogens is 1. The Morgan fingerprint density at radius 3 is 2.20 bits per heavy atom. The monoisotopic (exact) mass is 297 g/mol. The minimum absolute atomic E-state index is 0.174. The lowest BCUT2D eigenvalue weighted by Gasteiger charge is -2.11. The van der Waals surface area contributed by atoms with E-state index in [0.29, 0.717) is 12.1 Å². The van der Waals surface area contributed by atoms with E-state index >= 15 is 0 Å². The Bertz CT molecular complexity index is 701. The summed E-state index contributed by atoms with van der Waals surface area (Å²) < 4.78 is 77.1. The third kappa shape index (κ3) is 3.03. The maximum atomic E-state index is 12.5. The summed E-state index contributed by atoms with van der Waals surface area (Å²) >= 11 is 0. The Labute approximate surface area is 106 Å². The molecule has 0 radical (unpaired) electrons. The van der Waals surface area contributed by atoms with Crippen molar-refractivity contribution < 1.29 is 31.1 Å². The number of benzene rings is 1. The van der Waals surface area contributed by atoms with Crippen molar-refractivity contribution in [1.82, 2.24) is 4.98 Å². The molecule has 1 heterocycles. The molecule has 0 amide bonds. The Hall–Kier alpha value is -2.19. The second kappa shape index (κ2) is 4.43. The Kier molecular flexibility index (Phi) is 3.15. The topological polar surface area (TPSA) is 42.1 Å². The molecule has 9 heteroatoms. The fourth-order valence-electron chi connectivity index (χ4n) is 1.58. The molecule has 108 valence electrons. The molecule has 0 saturated carbocycles. The highest BCUT2D eigenvalue weighted by Gasteiger charge is 2.33. The van der Waals surface area contributed by atoms with Crippen molar-refractivity contribution in [1.29, 1.82) is 0 Å². The summed E-state index contributed by atoms with van der Waals surface area (Å²) in [6.07, 6.45) is -9.79. The summed E-state index contributed by atoms with van der Waals surface area (Å²) in [6.45, 7) is 0. The summed E-state index contributed by atoms with van der Waals surface area (Å²) in [5, 5.41) is -0.174. The summed E-state index contributed by atoms with van der Waals surface area (Å²) in [4.78, 5) is 13.3. The minimum atomic E-state index is -4.98. The number of nitrogens with one attached hydrogen (secondary N) is 1. The zero-order valence-electron chi connectivity index (χ0n) is 9.39. The quantitative estimate of drug-likeness (QED) is 0.819. The lowest BCUT2D eigenvalue weighted by Crippen LogP contribution is -2.17. The van der Waals surface area contributed by atoms with Crippen LogP contribution >= 0.6 is 0 Å². The Morgan fingerprint density at radius 2 is 1.65 bits per heavy atom. The van der Waals surface area contributed by atoms with Gasteiger partial charge in [-0.1, -0.05) is 0 Å². The fraction of sp³-hybridized carbons (Fsp3) is 0.182. The third-order valence-electron chi connectivity index (χ3n) is 2.34. The molecule has 1 N–H and O–H groups in total. The molecule has 0 unspecified atom stereocenters. The van der Waals surface area contributed by atoms with Gasteiger partial charge < -0.3 is 9.72 Å². The molecule has 0 aliphatic heterocycles. The first-order valence-corrected chi connectivity index (χ1v) is 5.06. The van der Waals surface area contributed by atoms with Crippen molar-refractivity contribution in [3.05, 3.63) is 40.2 Å². The number of pyridine rings is 1. The van der Waals surface area contributed by atoms with Gasteiger partial charge in [-0.25, -0.2) is 0 Å². The average molecular weight is 297 g/mol. The fourth-order valence-corrected chi connectivity index (χ4v) is 1.58. The minimum Gasteiger partial charge on any atom is -0.406 e. The second-order valence-electron chi connectivity index (χ2n) is 3.80. The third-order valence-corrected chi connectivity index (χ3v) is 2.34. The number of aromatic amines is 1. The van der Waals surface area contributed by atoms with E-state index in [4.69, 9.17) is 0 Å². The highest BCUT2D eigenvalue weighted by atomic mass is 19.4. The van der Waals surface area contributed by atoms with E-state index in [0.717, 1.165) is 12.1 Å². The van der Waals surface area contributed by atoms with Crippen molar-refractivity contribution in [2.24, 2.45) is 0 Å². The van der Waals surface area contributed by atoms with Gasteiger partial charge in [-0.2, -0.15) is 13.2 Å². The molecule has 0 fully saturated rings. The predicted octanol–water partition coefficient (Wildman–Crippen LogP) is 3.45. The van der Waals surface area contributed by atoms with Crippen molar-refractivity contribution in [3.63, 3.8) is 0 Å². The van der Waals surface area contributed by atoms with Crippen LogP contribution in [0.25, 0.3) is 10.9 Å². The van der Waals surface area contributed by atoms with Crippen LogP contribution in [0.4, 0.5) is 26.3 Å². The summed E-state index contributed by atoms with van der Waals surface area (Å²) in [6, 6.07) is 2.82. The van der Waals surface area contributed by atoms with Gasteiger partial charge in [0.05, 0.1) is 5.52 Å². The Balaban J connectivity index is 2.58. The van der Waals surface area contributed by atoms with E-state index < -0.39 is 34.9 Å². The normalized spacial score (nSPS) is 12.7. The number of alkyl halides is 6. The molecule has 1 aromatic carbocycles. The lowest BCUT2D eigenvalue weighted by molar-refractivity contribution is -0.274. The summed E-state index contributed by atoms with van der Waals surface area (Å²) in [5.74, 6) is -0.722. The van der Waals surface area contributed by atoms with Crippen molar-refractivity contribution in [2.45, 2.75) is 12.5 Å². The molecule has 2 rings (SSSR count). The maximum absolute atomic E-state index is 12.5. The van der Waals surface area contributed by atoms with Crippen LogP contribution in [0, 0.1) is 0 Å². The zero-order chi connectivity index (χ0) is 15.1. The molecule has 0 atom stereocenters. The van der Waals surface area contributed by atoms with E-state index in [2.05, 4.69) is 4.74 Å². The maximum Gasteiger partial charge on any atom is 0.573 e. The SMILES string of the molecule is O=c1cc(C(F)(F)F)[nH]c2cc(OC(F)(F)F)ccc12. The number of fused-ring (bicyclic) bond motifs is 1. The van der Waals surface area contributed by atoms with Gasteiger partial charge in [0.2, 0.25) is 0 Å². The first kappa shape index (κ1) is 14.2. The van der Waals surface area contributed by atoms with Gasteiger partial charge in [0.15, 0.2) is 5.43 Å². The second-order valence-corrected chi connectivity index (χ2v) is 3.80. The van der Waals surface area contributed by atoms with Crippen LogP contribution in [0.3, 0.4) is 0 Å². The Morgan fingerprint density at radius 1 is 1.00 bits per heavy atom. The highest BCUT2D eigenvalue weighted by molar-refractivity contribution is 5.80. The van der Waals surface area contributed by atoms with E-state index in [-0.39, 0.29) is 5.39 Å². The first-order chi connectivity index (χ1) is 9.06. The highest BCUT2D eigenvalue weighted by Crippen LogP contribution is 2.29. The summed E-state index contributed by atoms with van der Waals surface area (Å²) in [5.41, 5.74) is -2.70. The zero-order valence-corrected chi connectivity index (χ0v) is 9.39. The van der Waals surface area contributed by atoms with Crippen LogP contribution in [0.5, 0.6) is 5.75 Å². The molecular weight excluding hydrogens is 292 g/mol. The number of ether oxygens (including phenoxy) is 1. The van der Waals surface area contributed by atoms with Gasteiger partial charge in [0, 0.05) is 17.5 Å². The van der Waals surface area contributed by atoms with Crippen LogP contribution in [0.2, 0.25) is 0 Å². The lowest BCUT2D eigenvalue weighted by atomic mass is 10.2. The number of rotatable bonds is 1. The molecule has 0 aliphatic carbocycles. The molecule has 0 aliphatic rings. The van der Waals surface area contributed by atoms with Crippen LogP contribution in [-0.2, 0) is 6.18 Å². The van der Waals surface area contributed by atoms with E-state index in [1.54, 1.807) is 0 Å². The van der Waals surface area contributed by atoms with Crippen LogP contribution in [-0.4, -0.2) is 11.3 Å². The van der Waals surface area contributed by atoms with E-state index in [9.17, 15) is 31.1 Å². The van der Waals surface area contributed by atoms with Crippen molar-refractivity contribution >= 4 is 10.9 Å². The van der Waals surface area contributed by atoms with Crippen molar-refractivity contribution in [2.75, 3.05) is 0 Å². The number of aromatic nitrogens is 1. The van der Waals surface area contributed by atoms with Crippen LogP contribution in [0.15, 0.2) is 29.1 Å². The van der Waals surface area contributed by atoms with Gasteiger partial charge in [0.1, 0.15) is 11.4 Å². The molecule has 2 aromatic rings. The molecule has 3 nitrogen and oxygen atoms in total. The van der Waals surface area contributed by atoms with Gasteiger partial charge in [-0.15, -0.1) is 13.2 Å². The van der Waals surface area contributed by atoms with Crippen LogP contribution in [0.1, 0.15) is 5.69 Å². The number of hydrogen-bond donors (Lipinski definition) is 1. The van der Waals surface area contributed by atoms with Crippen molar-refractivity contribution in [3.8, 4) is 5.75 Å². The molecule has 1 aromatic heterocycles. The predicted molar refractivity (Wildman–Crippen MR) is 56.3 cm³/mol. The smallest absolute Gasteiger partial charge is 0.406 e. The molecule has 0 bridgehead atoms. The van der Waals surface area contributed by atoms with E-state index in [1.165, 1.54) is 0 Å².